The number of benzene rings is 1. The van der Waals surface area contributed by atoms with E-state index in [2.05, 4.69) is 10.6 Å². The molecule has 0 saturated carbocycles. The zero-order valence-electron chi connectivity index (χ0n) is 21.7. The summed E-state index contributed by atoms with van der Waals surface area (Å²) in [6.45, 7) is 11.9. The molecule has 1 aromatic rings. The average Bonchev–Trinajstić information content (AvgIpc) is 3.33. The van der Waals surface area contributed by atoms with E-state index in [1.807, 2.05) is 59.7 Å². The molecule has 3 N–H and O–H groups in total. The summed E-state index contributed by atoms with van der Waals surface area (Å²) in [5.74, 6) is -2.30. The highest BCUT2D eigenvalue weighted by atomic mass is 16.5. The van der Waals surface area contributed by atoms with Gasteiger partial charge in [-0.3, -0.25) is 14.4 Å². The highest BCUT2D eigenvalue weighted by molar-refractivity contribution is 6.04. The van der Waals surface area contributed by atoms with Gasteiger partial charge < -0.3 is 25.4 Å². The molecule has 1 spiro atoms. The first-order chi connectivity index (χ1) is 16.5. The molecule has 8 nitrogen and oxygen atoms in total. The van der Waals surface area contributed by atoms with Crippen molar-refractivity contribution >= 4 is 23.4 Å². The van der Waals surface area contributed by atoms with Crippen molar-refractivity contribution in [1.82, 2.24) is 10.2 Å². The van der Waals surface area contributed by atoms with E-state index in [9.17, 15) is 19.5 Å². The predicted molar refractivity (Wildman–Crippen MR) is 133 cm³/mol. The van der Waals surface area contributed by atoms with Gasteiger partial charge in [-0.1, -0.05) is 32.9 Å². The number of carbonyl (C=O) groups excluding carboxylic acids is 3. The number of likely N-dealkylation sites (tertiary alicyclic amines) is 1. The number of nitrogens with one attached hydrogen (secondary N) is 2. The number of aryl methyl sites for hydroxylation is 2. The van der Waals surface area contributed by atoms with Crippen LogP contribution >= 0.6 is 0 Å². The van der Waals surface area contributed by atoms with Gasteiger partial charge in [0.1, 0.15) is 11.6 Å². The van der Waals surface area contributed by atoms with Gasteiger partial charge in [0.25, 0.3) is 0 Å². The Bertz CT molecular complexity index is 1020. The van der Waals surface area contributed by atoms with Gasteiger partial charge in [0.2, 0.25) is 17.7 Å². The summed E-state index contributed by atoms with van der Waals surface area (Å²) in [5, 5.41) is 16.2. The first-order valence-electron chi connectivity index (χ1n) is 12.8. The highest BCUT2D eigenvalue weighted by Crippen LogP contribution is 2.65. The van der Waals surface area contributed by atoms with E-state index in [0.29, 0.717) is 25.1 Å². The van der Waals surface area contributed by atoms with E-state index in [1.165, 1.54) is 4.90 Å². The van der Waals surface area contributed by atoms with Gasteiger partial charge in [0, 0.05) is 12.2 Å². The molecule has 4 rings (SSSR count). The van der Waals surface area contributed by atoms with Crippen LogP contribution < -0.4 is 10.6 Å². The third-order valence-electron chi connectivity index (χ3n) is 8.56. The monoisotopic (exact) mass is 485 g/mol. The van der Waals surface area contributed by atoms with Crippen LogP contribution in [0.15, 0.2) is 18.2 Å². The fraction of sp³-hybridized carbons (Fsp3) is 0.667. The fourth-order valence-corrected chi connectivity index (χ4v) is 6.61. The fourth-order valence-electron chi connectivity index (χ4n) is 6.61. The van der Waals surface area contributed by atoms with Crippen molar-refractivity contribution in [2.45, 2.75) is 84.1 Å². The van der Waals surface area contributed by atoms with Crippen LogP contribution in [-0.4, -0.2) is 64.2 Å². The molecule has 0 radical (unpaired) electrons. The molecule has 3 fully saturated rings. The van der Waals surface area contributed by atoms with Crippen LogP contribution in [0.3, 0.4) is 0 Å². The van der Waals surface area contributed by atoms with Gasteiger partial charge in [0.15, 0.2) is 0 Å². The van der Waals surface area contributed by atoms with E-state index in [-0.39, 0.29) is 30.2 Å². The molecule has 3 unspecified atom stereocenters. The second kappa shape index (κ2) is 9.21. The lowest BCUT2D eigenvalue weighted by molar-refractivity contribution is -0.149. The number of aliphatic hydroxyl groups is 1. The minimum Gasteiger partial charge on any atom is -0.394 e. The molecule has 3 saturated heterocycles. The van der Waals surface area contributed by atoms with E-state index < -0.39 is 35.1 Å². The quantitative estimate of drug-likeness (QED) is 0.525. The number of nitrogens with zero attached hydrogens (tertiary/aromatic N) is 1. The van der Waals surface area contributed by atoms with Gasteiger partial charge >= 0.3 is 0 Å². The molecule has 3 amide bonds. The number of amides is 3. The summed E-state index contributed by atoms with van der Waals surface area (Å²) in [6.07, 6.45) is 1.77. The molecule has 3 heterocycles. The first-order valence-corrected chi connectivity index (χ1v) is 12.8. The topological polar surface area (TPSA) is 108 Å². The molecule has 192 valence electrons. The summed E-state index contributed by atoms with van der Waals surface area (Å²) in [7, 11) is 0. The molecule has 7 atom stereocenters. The Morgan fingerprint density at radius 3 is 2.60 bits per heavy atom. The Balaban J connectivity index is 1.80. The van der Waals surface area contributed by atoms with Crippen molar-refractivity contribution in [1.29, 1.82) is 0 Å². The largest absolute Gasteiger partial charge is 0.394 e. The van der Waals surface area contributed by atoms with Crippen LogP contribution in [0.25, 0.3) is 0 Å². The van der Waals surface area contributed by atoms with Gasteiger partial charge in [-0.15, -0.1) is 0 Å². The van der Waals surface area contributed by atoms with Crippen molar-refractivity contribution < 1.29 is 24.2 Å². The number of carbonyl (C=O) groups is 3. The maximum Gasteiger partial charge on any atom is 0.250 e. The summed E-state index contributed by atoms with van der Waals surface area (Å²) < 4.78 is 6.70. The van der Waals surface area contributed by atoms with Crippen LogP contribution in [-0.2, 0) is 19.1 Å². The maximum absolute atomic E-state index is 14.0. The standard InChI is InChI=1S/C27H39N3O5/c1-7-11-28-23(32)20-21-25(34)30(18(8-2)14-31)22(27(21)13-17(5)26(20,6)35-27)24(33)29-19-12-15(3)9-10-16(19)4/h9-10,12,17-18,20-22,31H,7-8,11,13-14H2,1-6H3,(H,28,32)(H,29,33)/t17?,18-,20-,21-,22?,26+,27?/m0/s1. The number of rotatable bonds is 8. The molecule has 2 bridgehead atoms. The Kier molecular flexibility index (Phi) is 6.74. The predicted octanol–water partition coefficient (Wildman–Crippen LogP) is 2.55. The Morgan fingerprint density at radius 2 is 1.97 bits per heavy atom. The number of ether oxygens (including phenoxy) is 1. The lowest BCUT2D eigenvalue weighted by atomic mass is 9.62. The number of aliphatic hydroxyl groups excluding tert-OH is 1. The minimum atomic E-state index is -1.12. The number of hydrogen-bond acceptors (Lipinski definition) is 5. The summed E-state index contributed by atoms with van der Waals surface area (Å²) >= 11 is 0. The molecule has 8 heteroatoms. The summed E-state index contributed by atoms with van der Waals surface area (Å²) in [4.78, 5) is 42.9. The van der Waals surface area contributed by atoms with Gasteiger partial charge in [-0.05, 0) is 63.1 Å². The highest BCUT2D eigenvalue weighted by Gasteiger charge is 2.80. The zero-order valence-corrected chi connectivity index (χ0v) is 21.7. The van der Waals surface area contributed by atoms with Crippen molar-refractivity contribution in [2.75, 3.05) is 18.5 Å². The zero-order chi connectivity index (χ0) is 25.7. The molecule has 3 aliphatic rings. The van der Waals surface area contributed by atoms with Gasteiger partial charge in [0.05, 0.1) is 30.1 Å². The third kappa shape index (κ3) is 3.76. The molecule has 0 aliphatic carbocycles. The van der Waals surface area contributed by atoms with E-state index in [4.69, 9.17) is 4.74 Å². The van der Waals surface area contributed by atoms with Crippen LogP contribution in [0.5, 0.6) is 0 Å². The molecule has 35 heavy (non-hydrogen) atoms. The minimum absolute atomic E-state index is 0.0194. The summed E-state index contributed by atoms with van der Waals surface area (Å²) in [6, 6.07) is 4.35. The van der Waals surface area contributed by atoms with Crippen molar-refractivity contribution in [3.8, 4) is 0 Å². The van der Waals surface area contributed by atoms with E-state index in [0.717, 1.165) is 17.5 Å². The summed E-state index contributed by atoms with van der Waals surface area (Å²) in [5.41, 5.74) is 0.641. The van der Waals surface area contributed by atoms with Crippen LogP contribution in [0.2, 0.25) is 0 Å². The second-order valence-electron chi connectivity index (χ2n) is 10.8. The van der Waals surface area contributed by atoms with Crippen molar-refractivity contribution in [3.63, 3.8) is 0 Å². The van der Waals surface area contributed by atoms with Gasteiger partial charge in [-0.2, -0.15) is 0 Å². The van der Waals surface area contributed by atoms with Crippen LogP contribution in [0.4, 0.5) is 5.69 Å². The van der Waals surface area contributed by atoms with Crippen molar-refractivity contribution in [2.24, 2.45) is 17.8 Å². The number of hydrogen-bond donors (Lipinski definition) is 3. The van der Waals surface area contributed by atoms with Crippen molar-refractivity contribution in [3.05, 3.63) is 29.3 Å². The normalized spacial score (nSPS) is 34.1. The van der Waals surface area contributed by atoms with Gasteiger partial charge in [-0.25, -0.2) is 0 Å². The lowest BCUT2D eigenvalue weighted by Gasteiger charge is -2.36. The Labute approximate surface area is 207 Å². The number of anilines is 1. The Hall–Kier alpha value is -2.45. The third-order valence-corrected chi connectivity index (χ3v) is 8.56. The second-order valence-corrected chi connectivity index (χ2v) is 10.8. The lowest BCUT2D eigenvalue weighted by Crippen LogP contribution is -2.56. The Morgan fingerprint density at radius 1 is 1.26 bits per heavy atom. The van der Waals surface area contributed by atoms with E-state index in [1.54, 1.807) is 0 Å². The molecule has 3 aliphatic heterocycles. The molecular weight excluding hydrogens is 446 g/mol. The molecular formula is C27H39N3O5. The maximum atomic E-state index is 14.0. The van der Waals surface area contributed by atoms with Crippen LogP contribution in [0, 0.1) is 31.6 Å². The molecule has 0 aromatic heterocycles. The molecule has 1 aromatic carbocycles. The number of fused-ring (bicyclic) bond motifs is 1. The average molecular weight is 486 g/mol. The van der Waals surface area contributed by atoms with E-state index >= 15 is 0 Å². The SMILES string of the molecule is CCCNC(=O)[C@@H]1[C@H]2C(=O)N([C@@H](CC)CO)C(C(=O)Nc3cc(C)ccc3C)C23CC(C)[C@@]1(C)O3. The smallest absolute Gasteiger partial charge is 0.250 e. The van der Waals surface area contributed by atoms with Crippen LogP contribution in [0.1, 0.15) is 58.1 Å². The first kappa shape index (κ1) is 25.6.